The van der Waals surface area contributed by atoms with E-state index in [0.717, 1.165) is 39.7 Å². The SMILES string of the molecule is CCn1cc([C@H](CC(=O)NC(c2ccccc2)c2ccccc2)c2cccc(F)c2)c2ccccc21. The maximum absolute atomic E-state index is 14.3. The predicted molar refractivity (Wildman–Crippen MR) is 143 cm³/mol. The van der Waals surface area contributed by atoms with Crippen LogP contribution in [0, 0.1) is 5.82 Å². The van der Waals surface area contributed by atoms with Crippen molar-refractivity contribution in [1.29, 1.82) is 0 Å². The first-order valence-electron chi connectivity index (χ1n) is 12.4. The second-order valence-electron chi connectivity index (χ2n) is 9.02. The Bertz CT molecular complexity index is 1420. The van der Waals surface area contributed by atoms with Gasteiger partial charge in [0, 0.05) is 36.0 Å². The first kappa shape index (κ1) is 23.6. The summed E-state index contributed by atoms with van der Waals surface area (Å²) in [5, 5.41) is 4.35. The molecule has 4 aromatic carbocycles. The number of rotatable bonds is 8. The van der Waals surface area contributed by atoms with Crippen LogP contribution in [0.4, 0.5) is 4.39 Å². The molecule has 0 aliphatic carbocycles. The summed E-state index contributed by atoms with van der Waals surface area (Å²) in [5.74, 6) is -0.676. The highest BCUT2D eigenvalue weighted by atomic mass is 19.1. The van der Waals surface area contributed by atoms with Gasteiger partial charge in [0.15, 0.2) is 0 Å². The first-order chi connectivity index (χ1) is 17.6. The third kappa shape index (κ3) is 4.94. The monoisotopic (exact) mass is 476 g/mol. The maximum atomic E-state index is 14.3. The zero-order valence-electron chi connectivity index (χ0n) is 20.3. The van der Waals surface area contributed by atoms with Crippen LogP contribution in [0.3, 0.4) is 0 Å². The smallest absolute Gasteiger partial charge is 0.221 e. The topological polar surface area (TPSA) is 34.0 Å². The fraction of sp³-hybridized carbons (Fsp3) is 0.156. The summed E-state index contributed by atoms with van der Waals surface area (Å²) >= 11 is 0. The fourth-order valence-corrected chi connectivity index (χ4v) is 5.00. The molecule has 1 aromatic heterocycles. The Morgan fingerprint density at radius 1 is 0.806 bits per heavy atom. The van der Waals surface area contributed by atoms with Gasteiger partial charge in [-0.1, -0.05) is 91.0 Å². The molecule has 0 bridgehead atoms. The van der Waals surface area contributed by atoms with Crippen molar-refractivity contribution < 1.29 is 9.18 Å². The first-order valence-corrected chi connectivity index (χ1v) is 12.4. The molecule has 1 amide bonds. The minimum atomic E-state index is -0.302. The Morgan fingerprint density at radius 3 is 2.06 bits per heavy atom. The summed E-state index contributed by atoms with van der Waals surface area (Å²) in [5.41, 5.74) is 4.97. The average molecular weight is 477 g/mol. The fourth-order valence-electron chi connectivity index (χ4n) is 5.00. The van der Waals surface area contributed by atoms with Crippen LogP contribution in [-0.2, 0) is 11.3 Å². The molecule has 0 aliphatic rings. The van der Waals surface area contributed by atoms with Gasteiger partial charge in [-0.2, -0.15) is 0 Å². The van der Waals surface area contributed by atoms with E-state index < -0.39 is 0 Å². The number of carbonyl (C=O) groups is 1. The highest BCUT2D eigenvalue weighted by Crippen LogP contribution is 2.35. The molecule has 180 valence electrons. The van der Waals surface area contributed by atoms with Gasteiger partial charge in [-0.25, -0.2) is 4.39 Å². The van der Waals surface area contributed by atoms with Crippen molar-refractivity contribution in [2.24, 2.45) is 0 Å². The van der Waals surface area contributed by atoms with Crippen LogP contribution < -0.4 is 5.32 Å². The van der Waals surface area contributed by atoms with E-state index in [1.165, 1.54) is 6.07 Å². The molecule has 3 nitrogen and oxygen atoms in total. The van der Waals surface area contributed by atoms with E-state index in [1.807, 2.05) is 78.9 Å². The van der Waals surface area contributed by atoms with Gasteiger partial charge in [0.25, 0.3) is 0 Å². The Labute approximate surface area is 211 Å². The predicted octanol–water partition coefficient (Wildman–Crippen LogP) is 7.23. The maximum Gasteiger partial charge on any atom is 0.221 e. The van der Waals surface area contributed by atoms with Crippen molar-refractivity contribution in [3.63, 3.8) is 0 Å². The van der Waals surface area contributed by atoms with E-state index >= 15 is 0 Å². The quantitative estimate of drug-likeness (QED) is 0.252. The number of hydrogen-bond donors (Lipinski definition) is 1. The number of hydrogen-bond acceptors (Lipinski definition) is 1. The highest BCUT2D eigenvalue weighted by molar-refractivity contribution is 5.87. The van der Waals surface area contributed by atoms with Crippen molar-refractivity contribution in [2.75, 3.05) is 0 Å². The third-order valence-electron chi connectivity index (χ3n) is 6.75. The van der Waals surface area contributed by atoms with Gasteiger partial charge < -0.3 is 9.88 Å². The molecule has 0 aliphatic heterocycles. The molecular weight excluding hydrogens is 447 g/mol. The van der Waals surface area contributed by atoms with Crippen LogP contribution in [-0.4, -0.2) is 10.5 Å². The number of para-hydroxylation sites is 1. The number of benzene rings is 4. The van der Waals surface area contributed by atoms with Crippen molar-refractivity contribution >= 4 is 16.8 Å². The van der Waals surface area contributed by atoms with Crippen LogP contribution in [0.2, 0.25) is 0 Å². The number of fused-ring (bicyclic) bond motifs is 1. The summed E-state index contributed by atoms with van der Waals surface area (Å²) in [6.45, 7) is 2.91. The lowest BCUT2D eigenvalue weighted by molar-refractivity contribution is -0.121. The summed E-state index contributed by atoms with van der Waals surface area (Å²) in [6, 6.07) is 34.5. The van der Waals surface area contributed by atoms with Crippen LogP contribution in [0.1, 0.15) is 47.6 Å². The molecule has 0 saturated carbocycles. The molecule has 0 saturated heterocycles. The Hall–Kier alpha value is -4.18. The standard InChI is InChI=1S/C32H29FN2O/c1-2-35-22-29(27-18-9-10-19-30(27)35)28(25-16-11-17-26(33)20-25)21-31(36)34-32(23-12-5-3-6-13-23)24-14-7-4-8-15-24/h3-20,22,28,32H,2,21H2,1H3,(H,34,36)/t28-/m1/s1. The second-order valence-corrected chi connectivity index (χ2v) is 9.02. The Balaban J connectivity index is 1.52. The van der Waals surface area contributed by atoms with E-state index in [0.29, 0.717) is 0 Å². The molecular formula is C32H29FN2O. The van der Waals surface area contributed by atoms with E-state index in [4.69, 9.17) is 0 Å². The van der Waals surface area contributed by atoms with E-state index in [9.17, 15) is 9.18 Å². The lowest BCUT2D eigenvalue weighted by Gasteiger charge is -2.23. The van der Waals surface area contributed by atoms with Gasteiger partial charge in [0.2, 0.25) is 5.91 Å². The summed E-state index contributed by atoms with van der Waals surface area (Å²) in [4.78, 5) is 13.6. The number of nitrogens with one attached hydrogen (secondary N) is 1. The van der Waals surface area contributed by atoms with Crippen LogP contribution in [0.25, 0.3) is 10.9 Å². The zero-order valence-corrected chi connectivity index (χ0v) is 20.3. The number of amides is 1. The molecule has 1 atom stereocenters. The summed E-state index contributed by atoms with van der Waals surface area (Å²) in [7, 11) is 0. The van der Waals surface area contributed by atoms with E-state index in [1.54, 1.807) is 12.1 Å². The lowest BCUT2D eigenvalue weighted by atomic mass is 9.87. The summed E-state index contributed by atoms with van der Waals surface area (Å²) in [6.07, 6.45) is 2.32. The average Bonchev–Trinajstić information content (AvgIpc) is 3.30. The van der Waals surface area contributed by atoms with Crippen LogP contribution >= 0.6 is 0 Å². The minimum absolute atomic E-state index is 0.0877. The number of aryl methyl sites for hydroxylation is 1. The number of aromatic nitrogens is 1. The summed E-state index contributed by atoms with van der Waals surface area (Å²) < 4.78 is 16.5. The van der Waals surface area contributed by atoms with Gasteiger partial charge >= 0.3 is 0 Å². The molecule has 5 rings (SSSR count). The molecule has 1 heterocycles. The largest absolute Gasteiger partial charge is 0.347 e. The van der Waals surface area contributed by atoms with Gasteiger partial charge in [-0.15, -0.1) is 0 Å². The number of nitrogens with zero attached hydrogens (tertiary/aromatic N) is 1. The molecule has 0 spiro atoms. The van der Waals surface area contributed by atoms with Crippen LogP contribution in [0.5, 0.6) is 0 Å². The molecule has 36 heavy (non-hydrogen) atoms. The van der Waals surface area contributed by atoms with Crippen molar-refractivity contribution in [3.05, 3.63) is 143 Å². The number of halogens is 1. The highest BCUT2D eigenvalue weighted by Gasteiger charge is 2.25. The second kappa shape index (κ2) is 10.6. The molecule has 5 aromatic rings. The van der Waals surface area contributed by atoms with E-state index in [-0.39, 0.29) is 30.1 Å². The Kier molecular flexibility index (Phi) is 6.94. The van der Waals surface area contributed by atoms with Gasteiger partial charge in [0.05, 0.1) is 6.04 Å². The zero-order chi connectivity index (χ0) is 24.9. The van der Waals surface area contributed by atoms with Crippen molar-refractivity contribution in [2.45, 2.75) is 31.8 Å². The van der Waals surface area contributed by atoms with E-state index in [2.05, 4.69) is 35.1 Å². The minimum Gasteiger partial charge on any atom is -0.347 e. The normalized spacial score (nSPS) is 12.1. The molecule has 1 N–H and O–H groups in total. The molecule has 4 heteroatoms. The molecule has 0 unspecified atom stereocenters. The van der Waals surface area contributed by atoms with Crippen molar-refractivity contribution in [3.8, 4) is 0 Å². The van der Waals surface area contributed by atoms with Crippen molar-refractivity contribution in [1.82, 2.24) is 9.88 Å². The van der Waals surface area contributed by atoms with Gasteiger partial charge in [0.1, 0.15) is 5.82 Å². The van der Waals surface area contributed by atoms with Gasteiger partial charge in [-0.3, -0.25) is 4.79 Å². The van der Waals surface area contributed by atoms with Crippen LogP contribution in [0.15, 0.2) is 115 Å². The Morgan fingerprint density at radius 2 is 1.42 bits per heavy atom. The molecule has 0 fully saturated rings. The van der Waals surface area contributed by atoms with Gasteiger partial charge in [-0.05, 0) is 47.4 Å². The number of carbonyl (C=O) groups excluding carboxylic acids is 1. The third-order valence-corrected chi connectivity index (χ3v) is 6.75. The lowest BCUT2D eigenvalue weighted by Crippen LogP contribution is -2.30. The molecule has 0 radical (unpaired) electrons.